The van der Waals surface area contributed by atoms with Gasteiger partial charge in [0.2, 0.25) is 0 Å². The number of amides is 1. The van der Waals surface area contributed by atoms with Crippen LogP contribution in [0, 0.1) is 0 Å². The third kappa shape index (κ3) is 4.71. The van der Waals surface area contributed by atoms with E-state index in [1.54, 1.807) is 18.2 Å². The molecule has 0 heterocycles. The van der Waals surface area contributed by atoms with Gasteiger partial charge in [-0.25, -0.2) is 4.79 Å². The minimum absolute atomic E-state index is 0.0153. The molecule has 23 heavy (non-hydrogen) atoms. The fourth-order valence-corrected chi connectivity index (χ4v) is 2.54. The lowest BCUT2D eigenvalue weighted by atomic mass is 9.85. The van der Waals surface area contributed by atoms with Crippen LogP contribution in [0.5, 0.6) is 0 Å². The predicted molar refractivity (Wildman–Crippen MR) is 91.8 cm³/mol. The van der Waals surface area contributed by atoms with Crippen LogP contribution >= 0.6 is 11.6 Å². The second kappa shape index (κ2) is 7.49. The van der Waals surface area contributed by atoms with Gasteiger partial charge in [-0.1, -0.05) is 61.8 Å². The molecule has 0 saturated heterocycles. The van der Waals surface area contributed by atoms with E-state index in [9.17, 15) is 9.90 Å². The summed E-state index contributed by atoms with van der Waals surface area (Å²) in [5.41, 5.74) is 1.85. The summed E-state index contributed by atoms with van der Waals surface area (Å²) in [6.45, 7) is 3.99. The molecule has 122 valence electrons. The van der Waals surface area contributed by atoms with Gasteiger partial charge in [-0.2, -0.15) is 0 Å². The maximum absolute atomic E-state index is 11.8. The molecular formula is C18H20ClNO3. The average molecular weight is 334 g/mol. The first-order valence-corrected chi connectivity index (χ1v) is 7.69. The highest BCUT2D eigenvalue weighted by Crippen LogP contribution is 2.31. The molecule has 5 heteroatoms. The van der Waals surface area contributed by atoms with Gasteiger partial charge in [-0.05, 0) is 23.3 Å². The van der Waals surface area contributed by atoms with Crippen LogP contribution in [-0.4, -0.2) is 17.8 Å². The molecular weight excluding hydrogens is 314 g/mol. The molecule has 0 unspecified atom stereocenters. The molecule has 0 bridgehead atoms. The van der Waals surface area contributed by atoms with Gasteiger partial charge in [0.05, 0.1) is 6.61 Å². The van der Waals surface area contributed by atoms with Crippen LogP contribution in [0.3, 0.4) is 0 Å². The molecule has 0 aliphatic heterocycles. The van der Waals surface area contributed by atoms with Crippen molar-refractivity contribution in [2.45, 2.75) is 25.9 Å². The zero-order valence-electron chi connectivity index (χ0n) is 13.2. The largest absolute Gasteiger partial charge is 0.444 e. The fourth-order valence-electron chi connectivity index (χ4n) is 2.10. The van der Waals surface area contributed by atoms with Gasteiger partial charge in [0.15, 0.2) is 0 Å². The van der Waals surface area contributed by atoms with Gasteiger partial charge in [-0.3, -0.25) is 5.32 Å². The summed E-state index contributed by atoms with van der Waals surface area (Å²) in [6, 6.07) is 14.6. The van der Waals surface area contributed by atoms with Crippen molar-refractivity contribution in [1.82, 2.24) is 0 Å². The van der Waals surface area contributed by atoms with Crippen molar-refractivity contribution in [3.8, 4) is 0 Å². The summed E-state index contributed by atoms with van der Waals surface area (Å²) in [4.78, 5) is 11.8. The molecule has 0 fully saturated rings. The van der Waals surface area contributed by atoms with Crippen LogP contribution in [0.4, 0.5) is 10.5 Å². The van der Waals surface area contributed by atoms with E-state index in [0.717, 1.165) is 11.1 Å². The van der Waals surface area contributed by atoms with E-state index >= 15 is 0 Å². The van der Waals surface area contributed by atoms with Crippen molar-refractivity contribution >= 4 is 23.4 Å². The molecule has 0 radical (unpaired) electrons. The van der Waals surface area contributed by atoms with E-state index in [-0.39, 0.29) is 13.2 Å². The maximum atomic E-state index is 11.8. The summed E-state index contributed by atoms with van der Waals surface area (Å²) in [6.07, 6.45) is -0.543. The lowest BCUT2D eigenvalue weighted by Gasteiger charge is -2.23. The molecule has 0 aliphatic carbocycles. The first kappa shape index (κ1) is 17.3. The van der Waals surface area contributed by atoms with Gasteiger partial charge in [0.25, 0.3) is 0 Å². The highest BCUT2D eigenvalue weighted by atomic mass is 35.5. The Kier molecular flexibility index (Phi) is 5.64. The minimum atomic E-state index is -0.543. The Morgan fingerprint density at radius 3 is 2.52 bits per heavy atom. The summed E-state index contributed by atoms with van der Waals surface area (Å²) in [7, 11) is 0. The second-order valence-electron chi connectivity index (χ2n) is 5.92. The van der Waals surface area contributed by atoms with E-state index < -0.39 is 11.5 Å². The Labute approximate surface area is 141 Å². The second-order valence-corrected chi connectivity index (χ2v) is 6.33. The van der Waals surface area contributed by atoms with Crippen molar-refractivity contribution in [2.24, 2.45) is 0 Å². The number of ether oxygens (including phenoxy) is 1. The number of rotatable bonds is 5. The first-order chi connectivity index (χ1) is 10.9. The predicted octanol–water partition coefficient (Wildman–Crippen LogP) is 4.36. The van der Waals surface area contributed by atoms with Gasteiger partial charge >= 0.3 is 6.09 Å². The van der Waals surface area contributed by atoms with Crippen molar-refractivity contribution in [1.29, 1.82) is 0 Å². The Morgan fingerprint density at radius 1 is 1.22 bits per heavy atom. The molecule has 4 nitrogen and oxygen atoms in total. The lowest BCUT2D eigenvalue weighted by molar-refractivity contribution is 0.155. The Bertz CT molecular complexity index is 671. The molecule has 0 atom stereocenters. The van der Waals surface area contributed by atoms with E-state index in [2.05, 4.69) is 5.32 Å². The maximum Gasteiger partial charge on any atom is 0.411 e. The third-order valence-electron chi connectivity index (χ3n) is 3.55. The van der Waals surface area contributed by atoms with Crippen molar-refractivity contribution in [3.63, 3.8) is 0 Å². The van der Waals surface area contributed by atoms with Crippen LogP contribution < -0.4 is 5.32 Å². The number of hydrogen-bond donors (Lipinski definition) is 2. The SMILES string of the molecule is CC(C)(CO)c1ccc(NC(=O)OCc2ccccc2)cc1Cl. The fraction of sp³-hybridized carbons (Fsp3) is 0.278. The summed E-state index contributed by atoms with van der Waals surface area (Å²) in [5.74, 6) is 0. The average Bonchev–Trinajstić information content (AvgIpc) is 2.54. The number of aliphatic hydroxyl groups excluding tert-OH is 1. The van der Waals surface area contributed by atoms with Crippen molar-refractivity contribution in [2.75, 3.05) is 11.9 Å². The van der Waals surface area contributed by atoms with Gasteiger partial charge < -0.3 is 9.84 Å². The number of carbonyl (C=O) groups excluding carboxylic acids is 1. The summed E-state index contributed by atoms with van der Waals surface area (Å²) in [5, 5.41) is 12.5. The topological polar surface area (TPSA) is 58.6 Å². The van der Waals surface area contributed by atoms with Crippen LogP contribution in [-0.2, 0) is 16.8 Å². The molecule has 0 aromatic heterocycles. The Morgan fingerprint density at radius 2 is 1.91 bits per heavy atom. The van der Waals surface area contributed by atoms with E-state index in [1.807, 2.05) is 44.2 Å². The smallest absolute Gasteiger partial charge is 0.411 e. The number of benzene rings is 2. The minimum Gasteiger partial charge on any atom is -0.444 e. The molecule has 0 spiro atoms. The number of halogens is 1. The van der Waals surface area contributed by atoms with Crippen LogP contribution in [0.15, 0.2) is 48.5 Å². The van der Waals surface area contributed by atoms with Crippen molar-refractivity contribution < 1.29 is 14.6 Å². The number of carbonyl (C=O) groups is 1. The van der Waals surface area contributed by atoms with Crippen LogP contribution in [0.2, 0.25) is 5.02 Å². The summed E-state index contributed by atoms with van der Waals surface area (Å²) < 4.78 is 5.16. The van der Waals surface area contributed by atoms with Gasteiger partial charge in [0.1, 0.15) is 6.61 Å². The number of hydrogen-bond acceptors (Lipinski definition) is 3. The van der Waals surface area contributed by atoms with Gasteiger partial charge in [0, 0.05) is 16.1 Å². The highest BCUT2D eigenvalue weighted by molar-refractivity contribution is 6.31. The Balaban J connectivity index is 1.98. The van der Waals surface area contributed by atoms with Crippen molar-refractivity contribution in [3.05, 3.63) is 64.7 Å². The summed E-state index contributed by atoms with van der Waals surface area (Å²) >= 11 is 6.25. The number of nitrogens with one attached hydrogen (secondary N) is 1. The zero-order chi connectivity index (χ0) is 16.9. The quantitative estimate of drug-likeness (QED) is 0.854. The number of aliphatic hydroxyl groups is 1. The lowest BCUT2D eigenvalue weighted by Crippen LogP contribution is -2.22. The highest BCUT2D eigenvalue weighted by Gasteiger charge is 2.22. The zero-order valence-corrected chi connectivity index (χ0v) is 13.9. The van der Waals surface area contributed by atoms with E-state index in [1.165, 1.54) is 0 Å². The van der Waals surface area contributed by atoms with Crippen LogP contribution in [0.1, 0.15) is 25.0 Å². The van der Waals surface area contributed by atoms with E-state index in [0.29, 0.717) is 10.7 Å². The van der Waals surface area contributed by atoms with Gasteiger partial charge in [-0.15, -0.1) is 0 Å². The standard InChI is InChI=1S/C18H20ClNO3/c1-18(2,12-21)15-9-8-14(10-16(15)19)20-17(22)23-11-13-6-4-3-5-7-13/h3-10,21H,11-12H2,1-2H3,(H,20,22). The van der Waals surface area contributed by atoms with Crippen LogP contribution in [0.25, 0.3) is 0 Å². The monoisotopic (exact) mass is 333 g/mol. The molecule has 2 N–H and O–H groups in total. The third-order valence-corrected chi connectivity index (χ3v) is 3.87. The molecule has 1 amide bonds. The Hall–Kier alpha value is -2.04. The normalized spacial score (nSPS) is 11.1. The first-order valence-electron chi connectivity index (χ1n) is 7.31. The molecule has 2 aromatic carbocycles. The molecule has 0 aliphatic rings. The van der Waals surface area contributed by atoms with E-state index in [4.69, 9.17) is 16.3 Å². The molecule has 0 saturated carbocycles. The number of anilines is 1. The molecule has 2 aromatic rings. The molecule has 2 rings (SSSR count).